The van der Waals surface area contributed by atoms with Gasteiger partial charge in [-0.15, -0.1) is 0 Å². The molecule has 0 spiro atoms. The molecule has 142 valence electrons. The van der Waals surface area contributed by atoms with Crippen molar-refractivity contribution in [1.82, 2.24) is 14.7 Å². The number of alkyl halides is 3. The molecule has 0 radical (unpaired) electrons. The molecular weight excluding hydrogens is 379 g/mol. The van der Waals surface area contributed by atoms with Crippen LogP contribution in [0.15, 0.2) is 42.5 Å². The minimum absolute atomic E-state index is 0.290. The lowest BCUT2D eigenvalue weighted by atomic mass is 10.1. The molecule has 3 aromatic rings. The lowest BCUT2D eigenvalue weighted by Crippen LogP contribution is -2.17. The maximum absolute atomic E-state index is 12.7. The number of carbonyl (C=O) groups is 1. The molecule has 0 aliphatic carbocycles. The molecule has 0 aliphatic rings. The largest absolute Gasteiger partial charge is 0.449 e. The van der Waals surface area contributed by atoms with E-state index < -0.39 is 17.8 Å². The monoisotopic (exact) mass is 395 g/mol. The maximum Gasteiger partial charge on any atom is 0.417 e. The second kappa shape index (κ2) is 7.91. The highest BCUT2D eigenvalue weighted by atomic mass is 32.2. The van der Waals surface area contributed by atoms with Crippen LogP contribution in [-0.4, -0.2) is 22.7 Å². The number of para-hydroxylation sites is 1. The van der Waals surface area contributed by atoms with E-state index in [9.17, 15) is 18.0 Å². The van der Waals surface area contributed by atoms with Gasteiger partial charge in [0.05, 0.1) is 23.2 Å². The fraction of sp³-hybridized carbons (Fsp3) is 0.222. The number of carbonyl (C=O) groups excluding carboxylic acids is 1. The van der Waals surface area contributed by atoms with Gasteiger partial charge in [-0.2, -0.15) is 13.2 Å². The van der Waals surface area contributed by atoms with Crippen molar-refractivity contribution in [2.75, 3.05) is 6.61 Å². The van der Waals surface area contributed by atoms with E-state index in [1.165, 1.54) is 24.1 Å². The van der Waals surface area contributed by atoms with Crippen LogP contribution >= 0.6 is 11.9 Å². The Kier molecular flexibility index (Phi) is 5.59. The minimum Gasteiger partial charge on any atom is -0.449 e. The Labute approximate surface area is 157 Å². The normalized spacial score (nSPS) is 11.6. The standard InChI is InChI=1S/C18H16F3N3O2S/c1-2-26-17(25)24-27-10-12-4-3-5-14-15(12)23-16(22-14)11-6-8-13(9-7-11)18(19,20)21/h3-9H,2,10H2,1H3,(H,22,23)(H,24,25). The van der Waals surface area contributed by atoms with E-state index in [4.69, 9.17) is 4.74 Å². The first-order valence-corrected chi connectivity index (χ1v) is 9.07. The summed E-state index contributed by atoms with van der Waals surface area (Å²) in [4.78, 5) is 19.0. The predicted molar refractivity (Wildman–Crippen MR) is 98.0 cm³/mol. The average Bonchev–Trinajstić information content (AvgIpc) is 3.06. The lowest BCUT2D eigenvalue weighted by Gasteiger charge is -2.06. The average molecular weight is 395 g/mol. The van der Waals surface area contributed by atoms with Crippen LogP contribution in [0, 0.1) is 0 Å². The number of H-pyrrole nitrogens is 1. The Hall–Kier alpha value is -2.68. The number of aromatic nitrogens is 2. The molecule has 2 aromatic carbocycles. The predicted octanol–water partition coefficient (Wildman–Crippen LogP) is 5.14. The minimum atomic E-state index is -4.37. The number of nitrogens with one attached hydrogen (secondary N) is 2. The van der Waals surface area contributed by atoms with Crippen LogP contribution in [0.1, 0.15) is 18.1 Å². The van der Waals surface area contributed by atoms with Crippen molar-refractivity contribution in [3.8, 4) is 11.4 Å². The second-order valence-electron chi connectivity index (χ2n) is 5.59. The quantitative estimate of drug-likeness (QED) is 0.587. The van der Waals surface area contributed by atoms with Crippen molar-refractivity contribution in [1.29, 1.82) is 0 Å². The Morgan fingerprint density at radius 2 is 1.96 bits per heavy atom. The van der Waals surface area contributed by atoms with Crippen molar-refractivity contribution in [2.45, 2.75) is 18.9 Å². The zero-order chi connectivity index (χ0) is 19.4. The molecule has 0 aliphatic heterocycles. The molecular formula is C18H16F3N3O2S. The first-order valence-electron chi connectivity index (χ1n) is 8.08. The number of halogens is 3. The zero-order valence-corrected chi connectivity index (χ0v) is 15.1. The number of hydrogen-bond donors (Lipinski definition) is 2. The van der Waals surface area contributed by atoms with E-state index in [2.05, 4.69) is 14.7 Å². The van der Waals surface area contributed by atoms with Gasteiger partial charge in [0.1, 0.15) is 5.82 Å². The molecule has 3 rings (SSSR count). The van der Waals surface area contributed by atoms with E-state index >= 15 is 0 Å². The molecule has 9 heteroatoms. The first kappa shape index (κ1) is 19.1. The summed E-state index contributed by atoms with van der Waals surface area (Å²) in [6.45, 7) is 2.01. The van der Waals surface area contributed by atoms with Crippen molar-refractivity contribution in [2.24, 2.45) is 0 Å². The summed E-state index contributed by atoms with van der Waals surface area (Å²) in [7, 11) is 0. The van der Waals surface area contributed by atoms with E-state index in [-0.39, 0.29) is 6.61 Å². The van der Waals surface area contributed by atoms with Crippen LogP contribution in [0.4, 0.5) is 18.0 Å². The van der Waals surface area contributed by atoms with Crippen LogP contribution in [0.25, 0.3) is 22.4 Å². The molecule has 0 bridgehead atoms. The smallest absolute Gasteiger partial charge is 0.417 e. The van der Waals surface area contributed by atoms with Crippen LogP contribution in [-0.2, 0) is 16.7 Å². The first-order chi connectivity index (χ1) is 12.9. The van der Waals surface area contributed by atoms with Gasteiger partial charge in [-0.1, -0.05) is 24.3 Å². The summed E-state index contributed by atoms with van der Waals surface area (Å²) in [5, 5.41) is 0. The maximum atomic E-state index is 12.7. The van der Waals surface area contributed by atoms with Gasteiger partial charge in [0.2, 0.25) is 0 Å². The van der Waals surface area contributed by atoms with Crippen LogP contribution in [0.3, 0.4) is 0 Å². The second-order valence-corrected chi connectivity index (χ2v) is 6.37. The van der Waals surface area contributed by atoms with Gasteiger partial charge in [-0.25, -0.2) is 9.78 Å². The number of rotatable bonds is 5. The van der Waals surface area contributed by atoms with Crippen LogP contribution in [0.2, 0.25) is 0 Å². The number of amides is 1. The third kappa shape index (κ3) is 4.54. The van der Waals surface area contributed by atoms with E-state index in [0.717, 1.165) is 23.2 Å². The number of aromatic amines is 1. The summed E-state index contributed by atoms with van der Waals surface area (Å²) in [6, 6.07) is 10.4. The molecule has 27 heavy (non-hydrogen) atoms. The van der Waals surface area contributed by atoms with E-state index in [0.29, 0.717) is 22.7 Å². The number of fused-ring (bicyclic) bond motifs is 1. The number of nitrogens with zero attached hydrogens (tertiary/aromatic N) is 1. The molecule has 0 fully saturated rings. The highest BCUT2D eigenvalue weighted by molar-refractivity contribution is 7.97. The van der Waals surface area contributed by atoms with Gasteiger partial charge < -0.3 is 9.72 Å². The summed E-state index contributed by atoms with van der Waals surface area (Å²) in [6.07, 6.45) is -4.88. The number of ether oxygens (including phenoxy) is 1. The van der Waals surface area contributed by atoms with Gasteiger partial charge in [-0.3, -0.25) is 4.72 Å². The van der Waals surface area contributed by atoms with Crippen LogP contribution in [0.5, 0.6) is 0 Å². The topological polar surface area (TPSA) is 67.0 Å². The Balaban J connectivity index is 1.80. The summed E-state index contributed by atoms with van der Waals surface area (Å²) in [5.41, 5.74) is 2.19. The fourth-order valence-corrected chi connectivity index (χ4v) is 3.13. The third-order valence-electron chi connectivity index (χ3n) is 3.74. The van der Waals surface area contributed by atoms with Gasteiger partial charge in [0.15, 0.2) is 0 Å². The number of hydrogen-bond acceptors (Lipinski definition) is 4. The summed E-state index contributed by atoms with van der Waals surface area (Å²) < 4.78 is 45.5. The van der Waals surface area contributed by atoms with Crippen molar-refractivity contribution in [3.05, 3.63) is 53.6 Å². The highest BCUT2D eigenvalue weighted by Gasteiger charge is 2.30. The SMILES string of the molecule is CCOC(=O)NSCc1cccc2[nH]c(-c3ccc(C(F)(F)F)cc3)nc12. The molecule has 2 N–H and O–H groups in total. The van der Waals surface area contributed by atoms with E-state index in [1.807, 2.05) is 18.2 Å². The molecule has 0 saturated heterocycles. The molecule has 0 unspecified atom stereocenters. The van der Waals surface area contributed by atoms with Gasteiger partial charge in [0.25, 0.3) is 0 Å². The van der Waals surface area contributed by atoms with Gasteiger partial charge in [-0.05, 0) is 42.6 Å². The fourth-order valence-electron chi connectivity index (χ4n) is 2.50. The summed E-state index contributed by atoms with van der Waals surface area (Å²) >= 11 is 1.18. The molecule has 1 heterocycles. The number of imidazole rings is 1. The Bertz CT molecular complexity index is 939. The van der Waals surface area contributed by atoms with E-state index in [1.54, 1.807) is 6.92 Å². The van der Waals surface area contributed by atoms with Gasteiger partial charge in [0, 0.05) is 11.3 Å². The Morgan fingerprint density at radius 3 is 2.63 bits per heavy atom. The molecule has 5 nitrogen and oxygen atoms in total. The van der Waals surface area contributed by atoms with Gasteiger partial charge >= 0.3 is 12.3 Å². The van der Waals surface area contributed by atoms with Crippen molar-refractivity contribution in [3.63, 3.8) is 0 Å². The zero-order valence-electron chi connectivity index (χ0n) is 14.3. The van der Waals surface area contributed by atoms with Crippen molar-refractivity contribution >= 4 is 29.1 Å². The summed E-state index contributed by atoms with van der Waals surface area (Å²) in [5.74, 6) is 0.947. The lowest BCUT2D eigenvalue weighted by molar-refractivity contribution is -0.137. The van der Waals surface area contributed by atoms with Crippen LogP contribution < -0.4 is 4.72 Å². The third-order valence-corrected chi connectivity index (χ3v) is 4.51. The van der Waals surface area contributed by atoms with Crippen molar-refractivity contribution < 1.29 is 22.7 Å². The molecule has 0 saturated carbocycles. The molecule has 1 amide bonds. The molecule has 0 atom stereocenters. The Morgan fingerprint density at radius 1 is 1.22 bits per heavy atom. The highest BCUT2D eigenvalue weighted by Crippen LogP contribution is 2.31. The molecule has 1 aromatic heterocycles. The number of benzene rings is 2.